The summed E-state index contributed by atoms with van der Waals surface area (Å²) in [5.74, 6) is 1.38. The Balaban J connectivity index is 0.00000225. The Morgan fingerprint density at radius 3 is 2.76 bits per heavy atom. The van der Waals surface area contributed by atoms with Gasteiger partial charge < -0.3 is 15.8 Å². The lowest BCUT2D eigenvalue weighted by atomic mass is 10.1. The zero-order valence-electron chi connectivity index (χ0n) is 14.8. The molecule has 2 aromatic carbocycles. The van der Waals surface area contributed by atoms with E-state index in [1.54, 1.807) is 7.11 Å². The minimum atomic E-state index is 0. The van der Waals surface area contributed by atoms with Crippen LogP contribution in [0.1, 0.15) is 28.7 Å². The Morgan fingerprint density at radius 1 is 1.16 bits per heavy atom. The molecule has 0 aromatic heterocycles. The predicted molar refractivity (Wildman–Crippen MR) is 115 cm³/mol. The number of fused-ring (bicyclic) bond motifs is 1. The van der Waals surface area contributed by atoms with E-state index in [1.165, 1.54) is 29.5 Å². The first-order valence-electron chi connectivity index (χ1n) is 8.48. The largest absolute Gasteiger partial charge is 0.496 e. The van der Waals surface area contributed by atoms with Crippen molar-refractivity contribution in [3.63, 3.8) is 0 Å². The molecule has 134 valence electrons. The van der Waals surface area contributed by atoms with E-state index in [-0.39, 0.29) is 24.0 Å². The summed E-state index contributed by atoms with van der Waals surface area (Å²) in [6.45, 7) is 2.69. The van der Waals surface area contributed by atoms with Crippen LogP contribution in [0.4, 0.5) is 5.69 Å². The van der Waals surface area contributed by atoms with Crippen molar-refractivity contribution in [3.8, 4) is 5.75 Å². The Labute approximate surface area is 166 Å². The van der Waals surface area contributed by atoms with E-state index < -0.39 is 0 Å². The van der Waals surface area contributed by atoms with Crippen molar-refractivity contribution in [1.29, 1.82) is 0 Å². The zero-order chi connectivity index (χ0) is 16.9. The summed E-state index contributed by atoms with van der Waals surface area (Å²) in [5.41, 5.74) is 12.3. The molecule has 0 fully saturated rings. The molecular formula is C20H26IN3O. The van der Waals surface area contributed by atoms with E-state index >= 15 is 0 Å². The third-order valence-corrected chi connectivity index (χ3v) is 4.53. The maximum absolute atomic E-state index is 6.01. The van der Waals surface area contributed by atoms with Crippen LogP contribution < -0.4 is 15.8 Å². The van der Waals surface area contributed by atoms with E-state index in [0.29, 0.717) is 12.5 Å². The van der Waals surface area contributed by atoms with Gasteiger partial charge in [-0.3, -0.25) is 4.99 Å². The van der Waals surface area contributed by atoms with E-state index in [1.807, 2.05) is 6.92 Å². The predicted octanol–water partition coefficient (Wildman–Crippen LogP) is 4.08. The quantitative estimate of drug-likeness (QED) is 0.409. The van der Waals surface area contributed by atoms with Gasteiger partial charge in [0, 0.05) is 12.2 Å². The first kappa shape index (κ1) is 19.6. The average molecular weight is 451 g/mol. The van der Waals surface area contributed by atoms with Gasteiger partial charge in [0.15, 0.2) is 5.96 Å². The molecule has 5 heteroatoms. The molecule has 2 aromatic rings. The Bertz CT molecular complexity index is 759. The first-order valence-corrected chi connectivity index (χ1v) is 8.48. The lowest BCUT2D eigenvalue weighted by Gasteiger charge is -2.09. The van der Waals surface area contributed by atoms with Crippen LogP contribution in [0.3, 0.4) is 0 Å². The second-order valence-electron chi connectivity index (χ2n) is 6.28. The molecule has 0 atom stereocenters. The van der Waals surface area contributed by atoms with Gasteiger partial charge in [-0.05, 0) is 73.1 Å². The molecule has 0 heterocycles. The van der Waals surface area contributed by atoms with Crippen LogP contribution in [-0.2, 0) is 19.3 Å². The van der Waals surface area contributed by atoms with Crippen molar-refractivity contribution in [1.82, 2.24) is 0 Å². The van der Waals surface area contributed by atoms with Crippen LogP contribution in [0, 0.1) is 6.92 Å². The number of halogens is 1. The fraction of sp³-hybridized carbons (Fsp3) is 0.350. The van der Waals surface area contributed by atoms with Gasteiger partial charge in [-0.25, -0.2) is 0 Å². The van der Waals surface area contributed by atoms with Crippen LogP contribution in [-0.4, -0.2) is 19.6 Å². The SMILES string of the molecule is COc1cc(CCN=C(N)Nc2ccc3c(c2)CCC3)ccc1C.I. The van der Waals surface area contributed by atoms with E-state index in [4.69, 9.17) is 10.5 Å². The van der Waals surface area contributed by atoms with Crippen molar-refractivity contribution in [2.45, 2.75) is 32.6 Å². The van der Waals surface area contributed by atoms with Crippen LogP contribution in [0.25, 0.3) is 0 Å². The molecular weight excluding hydrogens is 425 g/mol. The molecule has 0 amide bonds. The van der Waals surface area contributed by atoms with Crippen LogP contribution in [0.15, 0.2) is 41.4 Å². The molecule has 1 aliphatic carbocycles. The number of anilines is 1. The van der Waals surface area contributed by atoms with Gasteiger partial charge in [-0.1, -0.05) is 18.2 Å². The minimum absolute atomic E-state index is 0. The highest BCUT2D eigenvalue weighted by molar-refractivity contribution is 14.0. The molecule has 0 unspecified atom stereocenters. The molecule has 0 saturated heterocycles. The Kier molecular flexibility index (Phi) is 7.11. The standard InChI is InChI=1S/C20H25N3O.HI/c1-14-6-7-15(12-19(14)24-2)10-11-22-20(21)23-18-9-8-16-4-3-5-17(16)13-18;/h6-9,12-13H,3-5,10-11H2,1-2H3,(H3,21,22,23);1H. The number of benzene rings is 2. The molecule has 0 spiro atoms. The normalized spacial score (nSPS) is 13.1. The Morgan fingerprint density at radius 2 is 1.96 bits per heavy atom. The molecule has 4 nitrogen and oxygen atoms in total. The van der Waals surface area contributed by atoms with Crippen molar-refractivity contribution < 1.29 is 4.74 Å². The molecule has 1 aliphatic rings. The fourth-order valence-electron chi connectivity index (χ4n) is 3.16. The second kappa shape index (κ2) is 9.08. The topological polar surface area (TPSA) is 59.6 Å². The number of aryl methyl sites for hydroxylation is 3. The maximum Gasteiger partial charge on any atom is 0.193 e. The van der Waals surface area contributed by atoms with Gasteiger partial charge >= 0.3 is 0 Å². The smallest absolute Gasteiger partial charge is 0.193 e. The summed E-state index contributed by atoms with van der Waals surface area (Å²) in [7, 11) is 1.70. The highest BCUT2D eigenvalue weighted by Crippen LogP contribution is 2.24. The van der Waals surface area contributed by atoms with Gasteiger partial charge in [0.25, 0.3) is 0 Å². The number of methoxy groups -OCH3 is 1. The number of rotatable bonds is 5. The van der Waals surface area contributed by atoms with Gasteiger partial charge in [0.2, 0.25) is 0 Å². The summed E-state index contributed by atoms with van der Waals surface area (Å²) in [5, 5.41) is 3.19. The highest BCUT2D eigenvalue weighted by Gasteiger charge is 2.10. The molecule has 0 bridgehead atoms. The number of aliphatic imine (C=N–C) groups is 1. The highest BCUT2D eigenvalue weighted by atomic mass is 127. The number of ether oxygens (including phenoxy) is 1. The fourth-order valence-corrected chi connectivity index (χ4v) is 3.16. The average Bonchev–Trinajstić information content (AvgIpc) is 3.04. The molecule has 25 heavy (non-hydrogen) atoms. The van der Waals surface area contributed by atoms with Crippen molar-refractivity contribution >= 4 is 35.6 Å². The summed E-state index contributed by atoms with van der Waals surface area (Å²) in [6.07, 6.45) is 4.45. The molecule has 0 saturated carbocycles. The molecule has 0 aliphatic heterocycles. The summed E-state index contributed by atoms with van der Waals surface area (Å²) < 4.78 is 5.36. The maximum atomic E-state index is 6.01. The second-order valence-corrected chi connectivity index (χ2v) is 6.28. The Hall–Kier alpha value is -1.76. The summed E-state index contributed by atoms with van der Waals surface area (Å²) in [6, 6.07) is 12.7. The summed E-state index contributed by atoms with van der Waals surface area (Å²) in [4.78, 5) is 4.43. The van der Waals surface area contributed by atoms with Crippen LogP contribution in [0.2, 0.25) is 0 Å². The number of hydrogen-bond acceptors (Lipinski definition) is 2. The van der Waals surface area contributed by atoms with Crippen molar-refractivity contribution in [3.05, 3.63) is 58.7 Å². The lowest BCUT2D eigenvalue weighted by Crippen LogP contribution is -2.23. The number of nitrogens with two attached hydrogens (primary N) is 1. The number of nitrogens with one attached hydrogen (secondary N) is 1. The van der Waals surface area contributed by atoms with Gasteiger partial charge in [-0.15, -0.1) is 24.0 Å². The van der Waals surface area contributed by atoms with Crippen molar-refractivity contribution in [2.75, 3.05) is 19.0 Å². The number of nitrogens with zero attached hydrogens (tertiary/aromatic N) is 1. The molecule has 3 rings (SSSR count). The van der Waals surface area contributed by atoms with Gasteiger partial charge in [0.1, 0.15) is 5.75 Å². The monoisotopic (exact) mass is 451 g/mol. The van der Waals surface area contributed by atoms with Crippen LogP contribution >= 0.6 is 24.0 Å². The lowest BCUT2D eigenvalue weighted by molar-refractivity contribution is 0.411. The minimum Gasteiger partial charge on any atom is -0.496 e. The van der Waals surface area contributed by atoms with E-state index in [9.17, 15) is 0 Å². The zero-order valence-corrected chi connectivity index (χ0v) is 17.2. The molecule has 3 N–H and O–H groups in total. The third kappa shape index (κ3) is 5.11. The number of hydrogen-bond donors (Lipinski definition) is 2. The van der Waals surface area contributed by atoms with Crippen LogP contribution in [0.5, 0.6) is 5.75 Å². The third-order valence-electron chi connectivity index (χ3n) is 4.53. The van der Waals surface area contributed by atoms with Crippen molar-refractivity contribution in [2.24, 2.45) is 10.7 Å². The first-order chi connectivity index (χ1) is 11.7. The van der Waals surface area contributed by atoms with Gasteiger partial charge in [-0.2, -0.15) is 0 Å². The van der Waals surface area contributed by atoms with E-state index in [2.05, 4.69) is 46.7 Å². The number of guanidine groups is 1. The molecule has 0 radical (unpaired) electrons. The summed E-state index contributed by atoms with van der Waals surface area (Å²) >= 11 is 0. The van der Waals surface area contributed by atoms with Gasteiger partial charge in [0.05, 0.1) is 7.11 Å². The van der Waals surface area contributed by atoms with E-state index in [0.717, 1.165) is 29.8 Å².